The van der Waals surface area contributed by atoms with Gasteiger partial charge in [0.1, 0.15) is 12.2 Å². The maximum absolute atomic E-state index is 13.8. The van der Waals surface area contributed by atoms with Crippen molar-refractivity contribution in [3.05, 3.63) is 60.8 Å². The number of nitrogens with one attached hydrogen (secondary N) is 1. The summed E-state index contributed by atoms with van der Waals surface area (Å²) in [4.78, 5) is 36.3. The fourth-order valence-corrected chi connectivity index (χ4v) is 4.39. The molecule has 0 bridgehead atoms. The summed E-state index contributed by atoms with van der Waals surface area (Å²) in [7, 11) is 0. The molecule has 0 spiro atoms. The van der Waals surface area contributed by atoms with Crippen molar-refractivity contribution in [3.63, 3.8) is 0 Å². The summed E-state index contributed by atoms with van der Waals surface area (Å²) in [6.45, 7) is 1.56. The lowest BCUT2D eigenvalue weighted by Crippen LogP contribution is -2.59. The van der Waals surface area contributed by atoms with Gasteiger partial charge >= 0.3 is 0 Å². The molecule has 1 aliphatic carbocycles. The van der Waals surface area contributed by atoms with Crippen LogP contribution in [0, 0.1) is 0 Å². The Hall–Kier alpha value is -3.40. The van der Waals surface area contributed by atoms with E-state index >= 15 is 0 Å². The number of hydrogen-bond acceptors (Lipinski definition) is 6. The Balaban J connectivity index is 1.72. The predicted octanol–water partition coefficient (Wildman–Crippen LogP) is 4.31. The number of halogens is 3. The lowest BCUT2D eigenvalue weighted by Gasteiger charge is -2.41. The van der Waals surface area contributed by atoms with Crippen molar-refractivity contribution in [1.82, 2.24) is 20.4 Å². The molecule has 2 amide bonds. The van der Waals surface area contributed by atoms with Crippen LogP contribution in [0.3, 0.4) is 0 Å². The summed E-state index contributed by atoms with van der Waals surface area (Å²) >= 11 is 5.97. The Morgan fingerprint density at radius 3 is 2.40 bits per heavy atom. The first kappa shape index (κ1) is 24.7. The lowest BCUT2D eigenvalue weighted by atomic mass is 9.87. The average molecular weight is 504 g/mol. The Morgan fingerprint density at radius 1 is 1.17 bits per heavy atom. The molecule has 4 rings (SSSR count). The normalized spacial score (nSPS) is 17.4. The van der Waals surface area contributed by atoms with Crippen LogP contribution in [-0.2, 0) is 15.1 Å². The summed E-state index contributed by atoms with van der Waals surface area (Å²) in [5.74, 6) is -3.66. The second-order valence-corrected chi connectivity index (χ2v) is 8.86. The minimum atomic E-state index is -2.73. The van der Waals surface area contributed by atoms with E-state index in [9.17, 15) is 18.4 Å². The lowest BCUT2D eigenvalue weighted by molar-refractivity contribution is -0.131. The number of carbonyl (C=O) groups is 2. The topological polar surface area (TPSA) is 101 Å². The maximum Gasteiger partial charge on any atom is 0.251 e. The third-order valence-electron chi connectivity index (χ3n) is 6.28. The van der Waals surface area contributed by atoms with Gasteiger partial charge < -0.3 is 9.84 Å². The zero-order valence-electron chi connectivity index (χ0n) is 19.0. The molecule has 0 aliphatic heterocycles. The molecular weight excluding hydrogens is 480 g/mol. The smallest absolute Gasteiger partial charge is 0.251 e. The van der Waals surface area contributed by atoms with Gasteiger partial charge in [0.05, 0.1) is 6.20 Å². The van der Waals surface area contributed by atoms with E-state index in [1.54, 1.807) is 37.3 Å². The highest BCUT2D eigenvalue weighted by Gasteiger charge is 2.46. The molecule has 184 valence electrons. The standard InChI is InChI=1S/C24H24ClF2N5O3/c1-23(17-13-28-15-29-14-17,22(34)31-18-6-9-24(26,27)10-7-18)32(21(33)12-25)19-4-2-16(3-5-19)20-8-11-30-35-20/h2-5,8,11,13-15,18H,6-7,9-10,12H2,1H3,(H,31,34)/t23-/m1/s1. The number of amides is 2. The first-order valence-electron chi connectivity index (χ1n) is 11.1. The van der Waals surface area contributed by atoms with Crippen LogP contribution in [0.4, 0.5) is 14.5 Å². The van der Waals surface area contributed by atoms with Gasteiger partial charge in [0, 0.05) is 54.2 Å². The Kier molecular flexibility index (Phi) is 7.11. The van der Waals surface area contributed by atoms with E-state index in [0.29, 0.717) is 17.0 Å². The molecular formula is C24H24ClF2N5O3. The Labute approximate surface area is 205 Å². The van der Waals surface area contributed by atoms with Crippen LogP contribution in [0.1, 0.15) is 38.2 Å². The molecule has 1 N–H and O–H groups in total. The quantitative estimate of drug-likeness (QED) is 0.482. The molecule has 1 saturated carbocycles. The van der Waals surface area contributed by atoms with Gasteiger partial charge in [-0.3, -0.25) is 14.5 Å². The van der Waals surface area contributed by atoms with E-state index in [-0.39, 0.29) is 25.7 Å². The highest BCUT2D eigenvalue weighted by atomic mass is 35.5. The summed E-state index contributed by atoms with van der Waals surface area (Å²) < 4.78 is 32.5. The summed E-state index contributed by atoms with van der Waals surface area (Å²) in [6, 6.07) is 8.04. The van der Waals surface area contributed by atoms with E-state index < -0.39 is 35.2 Å². The largest absolute Gasteiger partial charge is 0.356 e. The molecule has 1 aromatic carbocycles. The highest BCUT2D eigenvalue weighted by Crippen LogP contribution is 2.37. The molecule has 11 heteroatoms. The zero-order chi connectivity index (χ0) is 25.1. The van der Waals surface area contributed by atoms with Crippen molar-refractivity contribution >= 4 is 29.1 Å². The van der Waals surface area contributed by atoms with Crippen molar-refractivity contribution in [2.75, 3.05) is 10.8 Å². The predicted molar refractivity (Wildman–Crippen MR) is 125 cm³/mol. The minimum Gasteiger partial charge on any atom is -0.356 e. The first-order chi connectivity index (χ1) is 16.7. The maximum atomic E-state index is 13.8. The molecule has 1 atom stereocenters. The van der Waals surface area contributed by atoms with E-state index in [1.807, 2.05) is 0 Å². The van der Waals surface area contributed by atoms with E-state index in [0.717, 1.165) is 5.56 Å². The molecule has 0 unspecified atom stereocenters. The van der Waals surface area contributed by atoms with Gasteiger partial charge in [0.15, 0.2) is 11.3 Å². The summed E-state index contributed by atoms with van der Waals surface area (Å²) in [5.41, 5.74) is -0.144. The van der Waals surface area contributed by atoms with E-state index in [4.69, 9.17) is 16.1 Å². The third kappa shape index (κ3) is 5.17. The van der Waals surface area contributed by atoms with Crippen LogP contribution < -0.4 is 10.2 Å². The monoisotopic (exact) mass is 503 g/mol. The van der Waals surface area contributed by atoms with Gasteiger partial charge in [-0.1, -0.05) is 5.16 Å². The van der Waals surface area contributed by atoms with Crippen LogP contribution in [0.25, 0.3) is 11.3 Å². The third-order valence-corrected chi connectivity index (χ3v) is 6.50. The molecule has 1 aliphatic rings. The van der Waals surface area contributed by atoms with E-state index in [1.165, 1.54) is 29.8 Å². The Morgan fingerprint density at radius 2 is 1.83 bits per heavy atom. The zero-order valence-corrected chi connectivity index (χ0v) is 19.7. The number of alkyl halides is 3. The molecule has 35 heavy (non-hydrogen) atoms. The molecule has 0 radical (unpaired) electrons. The van der Waals surface area contributed by atoms with E-state index in [2.05, 4.69) is 20.4 Å². The van der Waals surface area contributed by atoms with Crippen LogP contribution in [-0.4, -0.2) is 44.8 Å². The second kappa shape index (κ2) is 10.1. The number of hydrogen-bond donors (Lipinski definition) is 1. The summed E-state index contributed by atoms with van der Waals surface area (Å²) in [6.07, 6.45) is 5.37. The van der Waals surface area contributed by atoms with Crippen molar-refractivity contribution in [3.8, 4) is 11.3 Å². The average Bonchev–Trinajstić information content (AvgIpc) is 3.41. The number of aromatic nitrogens is 3. The molecule has 0 saturated heterocycles. The van der Waals surface area contributed by atoms with Crippen LogP contribution >= 0.6 is 11.6 Å². The molecule has 2 heterocycles. The van der Waals surface area contributed by atoms with Gasteiger partial charge in [-0.2, -0.15) is 0 Å². The first-order valence-corrected chi connectivity index (χ1v) is 11.6. The van der Waals surface area contributed by atoms with Crippen LogP contribution in [0.5, 0.6) is 0 Å². The van der Waals surface area contributed by atoms with Gasteiger partial charge in [0.2, 0.25) is 11.8 Å². The number of carbonyl (C=O) groups excluding carboxylic acids is 2. The minimum absolute atomic E-state index is 0.134. The highest BCUT2D eigenvalue weighted by molar-refractivity contribution is 6.30. The van der Waals surface area contributed by atoms with Gasteiger partial charge in [-0.25, -0.2) is 18.7 Å². The van der Waals surface area contributed by atoms with Crippen LogP contribution in [0.15, 0.2) is 59.8 Å². The molecule has 2 aromatic heterocycles. The van der Waals surface area contributed by atoms with Crippen molar-refractivity contribution < 1.29 is 22.9 Å². The SMILES string of the molecule is C[C@](C(=O)NC1CCC(F)(F)CC1)(c1cncnc1)N(C(=O)CCl)c1ccc(-c2ccno2)cc1. The number of rotatable bonds is 7. The fourth-order valence-electron chi connectivity index (χ4n) is 4.27. The molecule has 3 aromatic rings. The number of benzene rings is 1. The molecule has 8 nitrogen and oxygen atoms in total. The summed E-state index contributed by atoms with van der Waals surface area (Å²) in [5, 5.41) is 6.56. The van der Waals surface area contributed by atoms with Crippen molar-refractivity contribution in [1.29, 1.82) is 0 Å². The van der Waals surface area contributed by atoms with Crippen molar-refractivity contribution in [2.24, 2.45) is 0 Å². The fraction of sp³-hybridized carbons (Fsp3) is 0.375. The number of nitrogens with zero attached hydrogens (tertiary/aromatic N) is 4. The van der Waals surface area contributed by atoms with Gasteiger partial charge in [0.25, 0.3) is 5.91 Å². The second-order valence-electron chi connectivity index (χ2n) is 8.59. The van der Waals surface area contributed by atoms with Crippen LogP contribution in [0.2, 0.25) is 0 Å². The Bertz CT molecular complexity index is 1150. The van der Waals surface area contributed by atoms with Gasteiger partial charge in [-0.05, 0) is 44.0 Å². The number of anilines is 1. The van der Waals surface area contributed by atoms with Gasteiger partial charge in [-0.15, -0.1) is 11.6 Å². The molecule has 1 fully saturated rings. The van der Waals surface area contributed by atoms with Crippen molar-refractivity contribution in [2.45, 2.75) is 50.1 Å².